The Morgan fingerprint density at radius 2 is 1.89 bits per heavy atom. The van der Waals surface area contributed by atoms with E-state index in [0.717, 1.165) is 11.3 Å². The molecule has 2 heterocycles. The summed E-state index contributed by atoms with van der Waals surface area (Å²) in [4.78, 5) is 24.2. The van der Waals surface area contributed by atoms with E-state index in [9.17, 15) is 9.59 Å². The van der Waals surface area contributed by atoms with Gasteiger partial charge in [0, 0.05) is 12.5 Å². The average molecular weight is 248 g/mol. The van der Waals surface area contributed by atoms with Gasteiger partial charge >= 0.3 is 6.03 Å². The van der Waals surface area contributed by atoms with Crippen molar-refractivity contribution in [2.24, 2.45) is 0 Å². The molecule has 94 valence electrons. The van der Waals surface area contributed by atoms with Crippen LogP contribution in [-0.4, -0.2) is 31.7 Å². The van der Waals surface area contributed by atoms with Crippen molar-refractivity contribution in [3.05, 3.63) is 18.2 Å². The van der Waals surface area contributed by atoms with Crippen LogP contribution in [0.2, 0.25) is 0 Å². The second kappa shape index (κ2) is 4.21. The third-order valence-electron chi connectivity index (χ3n) is 2.83. The van der Waals surface area contributed by atoms with Crippen molar-refractivity contribution < 1.29 is 19.1 Å². The van der Waals surface area contributed by atoms with Crippen molar-refractivity contribution in [2.45, 2.75) is 6.42 Å². The van der Waals surface area contributed by atoms with Crippen LogP contribution in [0.5, 0.6) is 11.5 Å². The van der Waals surface area contributed by atoms with Crippen LogP contribution in [0.1, 0.15) is 6.42 Å². The topological polar surface area (TPSA) is 67.9 Å². The van der Waals surface area contributed by atoms with Gasteiger partial charge in [0.15, 0.2) is 11.5 Å². The minimum absolute atomic E-state index is 0.0350. The number of carbonyl (C=O) groups is 2. The molecule has 6 heteroatoms. The quantitative estimate of drug-likeness (QED) is 0.750. The number of imide groups is 1. The highest BCUT2D eigenvalue weighted by atomic mass is 16.5. The summed E-state index contributed by atoms with van der Waals surface area (Å²) in [6.45, 7) is 1.21. The molecular weight excluding hydrogens is 236 g/mol. The van der Waals surface area contributed by atoms with E-state index in [-0.39, 0.29) is 12.5 Å². The Balaban J connectivity index is 1.96. The highest BCUT2D eigenvalue weighted by Crippen LogP contribution is 2.34. The van der Waals surface area contributed by atoms with Crippen molar-refractivity contribution in [1.29, 1.82) is 0 Å². The lowest BCUT2D eigenvalue weighted by atomic mass is 10.2. The molecule has 1 saturated heterocycles. The first kappa shape index (κ1) is 10.9. The Morgan fingerprint density at radius 1 is 1.11 bits per heavy atom. The van der Waals surface area contributed by atoms with Gasteiger partial charge in [-0.1, -0.05) is 0 Å². The van der Waals surface area contributed by atoms with E-state index in [4.69, 9.17) is 9.47 Å². The first-order chi connectivity index (χ1) is 8.75. The van der Waals surface area contributed by atoms with Crippen LogP contribution in [-0.2, 0) is 4.79 Å². The number of fused-ring (bicyclic) bond motifs is 1. The largest absolute Gasteiger partial charge is 0.490 e. The van der Waals surface area contributed by atoms with Gasteiger partial charge in [-0.3, -0.25) is 4.79 Å². The normalized spacial score (nSPS) is 18.6. The highest BCUT2D eigenvalue weighted by Gasteiger charge is 2.30. The van der Waals surface area contributed by atoms with E-state index in [1.807, 2.05) is 0 Å². The van der Waals surface area contributed by atoms with E-state index in [1.165, 1.54) is 0 Å². The minimum Gasteiger partial charge on any atom is -0.490 e. The number of amides is 3. The SMILES string of the molecule is O=C1CNC(=O)N1c1ccc2c(c1)OCCCO2. The summed E-state index contributed by atoms with van der Waals surface area (Å²) in [7, 11) is 0. The smallest absolute Gasteiger partial charge is 0.329 e. The number of hydrogen-bond donors (Lipinski definition) is 1. The number of anilines is 1. The van der Waals surface area contributed by atoms with Gasteiger partial charge in [-0.25, -0.2) is 9.69 Å². The van der Waals surface area contributed by atoms with E-state index in [2.05, 4.69) is 5.32 Å². The number of carbonyl (C=O) groups excluding carboxylic acids is 2. The van der Waals surface area contributed by atoms with Crippen molar-refractivity contribution >= 4 is 17.6 Å². The summed E-state index contributed by atoms with van der Waals surface area (Å²) in [6.07, 6.45) is 0.813. The molecule has 1 N–H and O–H groups in total. The second-order valence-electron chi connectivity index (χ2n) is 4.07. The lowest BCUT2D eigenvalue weighted by Crippen LogP contribution is -2.30. The summed E-state index contributed by atoms with van der Waals surface area (Å²) >= 11 is 0. The van der Waals surface area contributed by atoms with Gasteiger partial charge in [-0.05, 0) is 12.1 Å². The summed E-state index contributed by atoms with van der Waals surface area (Å²) in [6, 6.07) is 4.64. The van der Waals surface area contributed by atoms with Crippen molar-refractivity contribution in [3.63, 3.8) is 0 Å². The standard InChI is InChI=1S/C12H12N2O4/c15-11-7-13-12(16)14(11)8-2-3-9-10(6-8)18-5-1-4-17-9/h2-3,6H,1,4-5,7H2,(H,13,16). The predicted molar refractivity (Wildman–Crippen MR) is 62.9 cm³/mol. The Bertz CT molecular complexity index is 499. The molecule has 1 aromatic rings. The Kier molecular flexibility index (Phi) is 2.55. The molecule has 3 amide bonds. The fourth-order valence-electron chi connectivity index (χ4n) is 1.97. The number of benzene rings is 1. The Hall–Kier alpha value is -2.24. The number of nitrogens with one attached hydrogen (secondary N) is 1. The van der Waals surface area contributed by atoms with E-state index in [1.54, 1.807) is 18.2 Å². The molecule has 0 spiro atoms. The number of hydrogen-bond acceptors (Lipinski definition) is 4. The maximum absolute atomic E-state index is 11.6. The molecule has 0 bridgehead atoms. The molecule has 0 aliphatic carbocycles. The van der Waals surface area contributed by atoms with Gasteiger partial charge in [-0.2, -0.15) is 0 Å². The van der Waals surface area contributed by atoms with Crippen LogP contribution in [0.3, 0.4) is 0 Å². The maximum Gasteiger partial charge on any atom is 0.329 e. The fraction of sp³-hybridized carbons (Fsp3) is 0.333. The van der Waals surface area contributed by atoms with Gasteiger partial charge in [0.05, 0.1) is 25.4 Å². The van der Waals surface area contributed by atoms with E-state index >= 15 is 0 Å². The molecule has 0 saturated carbocycles. The van der Waals surface area contributed by atoms with Crippen LogP contribution >= 0.6 is 0 Å². The maximum atomic E-state index is 11.6. The monoisotopic (exact) mass is 248 g/mol. The number of ether oxygens (including phenoxy) is 2. The van der Waals surface area contributed by atoms with Crippen molar-refractivity contribution in [1.82, 2.24) is 5.32 Å². The molecule has 6 nitrogen and oxygen atoms in total. The zero-order valence-corrected chi connectivity index (χ0v) is 9.64. The summed E-state index contributed by atoms with van der Waals surface area (Å²) in [5.41, 5.74) is 0.499. The van der Waals surface area contributed by atoms with Crippen molar-refractivity contribution in [3.8, 4) is 11.5 Å². The number of urea groups is 1. The summed E-state index contributed by atoms with van der Waals surface area (Å²) in [5.74, 6) is 0.940. The average Bonchev–Trinajstić information content (AvgIpc) is 2.59. The Morgan fingerprint density at radius 3 is 2.61 bits per heavy atom. The zero-order valence-electron chi connectivity index (χ0n) is 9.64. The van der Waals surface area contributed by atoms with Crippen LogP contribution < -0.4 is 19.7 Å². The summed E-state index contributed by atoms with van der Waals surface area (Å²) in [5, 5.41) is 2.48. The first-order valence-corrected chi connectivity index (χ1v) is 5.76. The first-order valence-electron chi connectivity index (χ1n) is 5.76. The van der Waals surface area contributed by atoms with E-state index < -0.39 is 6.03 Å². The molecule has 0 unspecified atom stereocenters. The van der Waals surface area contributed by atoms with Crippen LogP contribution in [0.4, 0.5) is 10.5 Å². The fourth-order valence-corrected chi connectivity index (χ4v) is 1.97. The second-order valence-corrected chi connectivity index (χ2v) is 4.07. The Labute approximate surface area is 103 Å². The highest BCUT2D eigenvalue weighted by molar-refractivity contribution is 6.19. The molecule has 0 aromatic heterocycles. The molecular formula is C12H12N2O4. The lowest BCUT2D eigenvalue weighted by Gasteiger charge is -2.15. The van der Waals surface area contributed by atoms with E-state index in [0.29, 0.717) is 30.4 Å². The third kappa shape index (κ3) is 1.75. The lowest BCUT2D eigenvalue weighted by molar-refractivity contribution is -0.115. The van der Waals surface area contributed by atoms with Gasteiger partial charge < -0.3 is 14.8 Å². The van der Waals surface area contributed by atoms with Crippen LogP contribution in [0.25, 0.3) is 0 Å². The van der Waals surface area contributed by atoms with Crippen LogP contribution in [0.15, 0.2) is 18.2 Å². The van der Waals surface area contributed by atoms with Crippen LogP contribution in [0, 0.1) is 0 Å². The van der Waals surface area contributed by atoms with Gasteiger partial charge in [0.2, 0.25) is 0 Å². The predicted octanol–water partition coefficient (Wildman–Crippen LogP) is 0.904. The molecule has 0 radical (unpaired) electrons. The number of rotatable bonds is 1. The molecule has 3 rings (SSSR count). The molecule has 2 aliphatic heterocycles. The summed E-state index contributed by atoms with van der Waals surface area (Å²) < 4.78 is 11.0. The van der Waals surface area contributed by atoms with Gasteiger partial charge in [0.1, 0.15) is 0 Å². The molecule has 1 fully saturated rings. The number of nitrogens with zero attached hydrogens (tertiary/aromatic N) is 1. The van der Waals surface area contributed by atoms with Crippen molar-refractivity contribution in [2.75, 3.05) is 24.7 Å². The molecule has 1 aromatic carbocycles. The molecule has 18 heavy (non-hydrogen) atoms. The zero-order chi connectivity index (χ0) is 12.5. The minimum atomic E-state index is -0.408. The third-order valence-corrected chi connectivity index (χ3v) is 2.83. The van der Waals surface area contributed by atoms with Gasteiger partial charge in [0.25, 0.3) is 5.91 Å². The molecule has 0 atom stereocenters. The molecule has 2 aliphatic rings. The van der Waals surface area contributed by atoms with Gasteiger partial charge in [-0.15, -0.1) is 0 Å².